The summed E-state index contributed by atoms with van der Waals surface area (Å²) in [7, 11) is 0. The number of thiophene rings is 1. The van der Waals surface area contributed by atoms with Crippen molar-refractivity contribution in [3.05, 3.63) is 85.8 Å². The molecule has 8 nitrogen and oxygen atoms in total. The van der Waals surface area contributed by atoms with E-state index in [0.717, 1.165) is 49.0 Å². The standard InChI is InChI=1S/C27H29N3O5S/c1-2-35-27(32)24-20-12-6-7-13-23(20)36-26(24)29-25(31)21-17-19(30(33)34)14-15-22(21)28-16-8-11-18-9-4-3-5-10-18/h3-5,9-10,14-15,17,28H,2,6-8,11-13,16H2,1H3,(H,29,31). The minimum atomic E-state index is -0.524. The summed E-state index contributed by atoms with van der Waals surface area (Å²) in [4.78, 5) is 38.1. The number of amides is 1. The molecule has 1 amide bonds. The average molecular weight is 508 g/mol. The Morgan fingerprint density at radius 1 is 1.11 bits per heavy atom. The lowest BCUT2D eigenvalue weighted by Crippen LogP contribution is -2.18. The highest BCUT2D eigenvalue weighted by Gasteiger charge is 2.28. The molecule has 1 aliphatic rings. The Balaban J connectivity index is 1.56. The third-order valence-corrected chi connectivity index (χ3v) is 7.34. The number of ether oxygens (including phenoxy) is 1. The van der Waals surface area contributed by atoms with Gasteiger partial charge in [-0.15, -0.1) is 11.3 Å². The van der Waals surface area contributed by atoms with Crippen molar-refractivity contribution in [2.24, 2.45) is 0 Å². The summed E-state index contributed by atoms with van der Waals surface area (Å²) in [5.41, 5.74) is 3.06. The molecule has 0 saturated heterocycles. The van der Waals surface area contributed by atoms with Crippen LogP contribution < -0.4 is 10.6 Å². The molecule has 1 aliphatic carbocycles. The van der Waals surface area contributed by atoms with Gasteiger partial charge in [0.05, 0.1) is 22.7 Å². The van der Waals surface area contributed by atoms with Crippen LogP contribution in [0.25, 0.3) is 0 Å². The summed E-state index contributed by atoms with van der Waals surface area (Å²) in [6, 6.07) is 14.3. The Bertz CT molecular complexity index is 1260. The summed E-state index contributed by atoms with van der Waals surface area (Å²) in [6.45, 7) is 2.57. The second-order valence-corrected chi connectivity index (χ2v) is 9.70. The number of benzene rings is 2. The number of fused-ring (bicyclic) bond motifs is 1. The number of carbonyl (C=O) groups excluding carboxylic acids is 2. The van der Waals surface area contributed by atoms with Crippen LogP contribution in [0.2, 0.25) is 0 Å². The molecule has 188 valence electrons. The van der Waals surface area contributed by atoms with Crippen molar-refractivity contribution < 1.29 is 19.2 Å². The van der Waals surface area contributed by atoms with E-state index in [1.165, 1.54) is 29.0 Å². The fraction of sp³-hybridized carbons (Fsp3) is 0.333. The highest BCUT2D eigenvalue weighted by Crippen LogP contribution is 2.39. The number of aryl methyl sites for hydroxylation is 2. The van der Waals surface area contributed by atoms with Gasteiger partial charge in [-0.25, -0.2) is 4.79 Å². The van der Waals surface area contributed by atoms with Crippen molar-refractivity contribution >= 4 is 39.6 Å². The molecule has 9 heteroatoms. The topological polar surface area (TPSA) is 111 Å². The van der Waals surface area contributed by atoms with E-state index >= 15 is 0 Å². The molecule has 1 heterocycles. The minimum absolute atomic E-state index is 0.157. The lowest BCUT2D eigenvalue weighted by Gasteiger charge is -2.13. The van der Waals surface area contributed by atoms with Gasteiger partial charge in [0, 0.05) is 29.2 Å². The van der Waals surface area contributed by atoms with Gasteiger partial charge in [-0.3, -0.25) is 14.9 Å². The van der Waals surface area contributed by atoms with Gasteiger partial charge in [0.25, 0.3) is 11.6 Å². The summed E-state index contributed by atoms with van der Waals surface area (Å²) in [5.74, 6) is -0.959. The largest absolute Gasteiger partial charge is 0.462 e. The first kappa shape index (κ1) is 25.4. The van der Waals surface area contributed by atoms with E-state index in [0.29, 0.717) is 22.8 Å². The fourth-order valence-corrected chi connectivity index (χ4v) is 5.66. The number of esters is 1. The molecule has 0 spiro atoms. The molecule has 36 heavy (non-hydrogen) atoms. The van der Waals surface area contributed by atoms with E-state index in [4.69, 9.17) is 4.74 Å². The van der Waals surface area contributed by atoms with Crippen LogP contribution in [0, 0.1) is 10.1 Å². The Labute approximate surface area is 213 Å². The van der Waals surface area contributed by atoms with Gasteiger partial charge < -0.3 is 15.4 Å². The van der Waals surface area contributed by atoms with Crippen molar-refractivity contribution in [3.8, 4) is 0 Å². The van der Waals surface area contributed by atoms with Gasteiger partial charge in [-0.05, 0) is 62.6 Å². The predicted octanol–water partition coefficient (Wildman–Crippen LogP) is 6.01. The molecule has 0 fully saturated rings. The Kier molecular flexibility index (Phi) is 8.32. The lowest BCUT2D eigenvalue weighted by atomic mass is 9.95. The van der Waals surface area contributed by atoms with E-state index < -0.39 is 16.8 Å². The van der Waals surface area contributed by atoms with Gasteiger partial charge in [0.2, 0.25) is 0 Å². The van der Waals surface area contributed by atoms with Crippen LogP contribution in [0.5, 0.6) is 0 Å². The smallest absolute Gasteiger partial charge is 0.341 e. The molecule has 0 bridgehead atoms. The van der Waals surface area contributed by atoms with Crippen LogP contribution in [-0.2, 0) is 24.0 Å². The van der Waals surface area contributed by atoms with Crippen LogP contribution in [-0.4, -0.2) is 30.0 Å². The van der Waals surface area contributed by atoms with Crippen LogP contribution >= 0.6 is 11.3 Å². The van der Waals surface area contributed by atoms with Crippen molar-refractivity contribution in [2.45, 2.75) is 45.4 Å². The number of rotatable bonds is 10. The zero-order chi connectivity index (χ0) is 25.5. The van der Waals surface area contributed by atoms with Crippen LogP contribution in [0.3, 0.4) is 0 Å². The molecular weight excluding hydrogens is 478 g/mol. The molecule has 3 aromatic rings. The maximum absolute atomic E-state index is 13.4. The zero-order valence-corrected chi connectivity index (χ0v) is 21.0. The van der Waals surface area contributed by atoms with E-state index in [-0.39, 0.29) is 17.9 Å². The van der Waals surface area contributed by atoms with Crippen molar-refractivity contribution in [3.63, 3.8) is 0 Å². The predicted molar refractivity (Wildman–Crippen MR) is 141 cm³/mol. The summed E-state index contributed by atoms with van der Waals surface area (Å²) in [5, 5.41) is 18.0. The number of non-ortho nitro benzene ring substituents is 1. The van der Waals surface area contributed by atoms with Crippen molar-refractivity contribution in [1.29, 1.82) is 0 Å². The number of nitrogens with one attached hydrogen (secondary N) is 2. The zero-order valence-electron chi connectivity index (χ0n) is 20.2. The molecule has 1 aromatic heterocycles. The Morgan fingerprint density at radius 3 is 2.64 bits per heavy atom. The van der Waals surface area contributed by atoms with Gasteiger partial charge in [-0.2, -0.15) is 0 Å². The van der Waals surface area contributed by atoms with Crippen molar-refractivity contribution in [2.75, 3.05) is 23.8 Å². The maximum atomic E-state index is 13.4. The maximum Gasteiger partial charge on any atom is 0.341 e. The first-order valence-corrected chi connectivity index (χ1v) is 13.0. The van der Waals surface area contributed by atoms with E-state index in [9.17, 15) is 19.7 Å². The molecule has 0 saturated carbocycles. The molecular formula is C27H29N3O5S. The quantitative estimate of drug-likeness (QED) is 0.150. The third kappa shape index (κ3) is 5.91. The first-order valence-electron chi connectivity index (χ1n) is 12.2. The molecule has 2 N–H and O–H groups in total. The highest BCUT2D eigenvalue weighted by molar-refractivity contribution is 7.17. The van der Waals surface area contributed by atoms with E-state index in [2.05, 4.69) is 22.8 Å². The lowest BCUT2D eigenvalue weighted by molar-refractivity contribution is -0.384. The van der Waals surface area contributed by atoms with E-state index in [1.54, 1.807) is 13.0 Å². The molecule has 0 aliphatic heterocycles. The summed E-state index contributed by atoms with van der Waals surface area (Å²) in [6.07, 6.45) is 5.32. The van der Waals surface area contributed by atoms with E-state index in [1.807, 2.05) is 18.2 Å². The monoisotopic (exact) mass is 507 g/mol. The number of hydrogen-bond acceptors (Lipinski definition) is 7. The third-order valence-electron chi connectivity index (χ3n) is 6.14. The number of nitrogens with zero attached hydrogens (tertiary/aromatic N) is 1. The minimum Gasteiger partial charge on any atom is -0.462 e. The average Bonchev–Trinajstić information content (AvgIpc) is 3.25. The van der Waals surface area contributed by atoms with Crippen LogP contribution in [0.15, 0.2) is 48.5 Å². The van der Waals surface area contributed by atoms with Gasteiger partial charge >= 0.3 is 5.97 Å². The van der Waals surface area contributed by atoms with Crippen LogP contribution in [0.4, 0.5) is 16.4 Å². The highest BCUT2D eigenvalue weighted by atomic mass is 32.1. The van der Waals surface area contributed by atoms with Gasteiger partial charge in [0.1, 0.15) is 5.00 Å². The number of anilines is 2. The first-order chi connectivity index (χ1) is 17.5. The molecule has 0 atom stereocenters. The number of nitro benzene ring substituents is 1. The van der Waals surface area contributed by atoms with Gasteiger partial charge in [0.15, 0.2) is 0 Å². The normalized spacial score (nSPS) is 12.5. The Morgan fingerprint density at radius 2 is 1.89 bits per heavy atom. The number of carbonyl (C=O) groups is 2. The number of hydrogen-bond donors (Lipinski definition) is 2. The second kappa shape index (κ2) is 11.8. The number of nitro groups is 1. The summed E-state index contributed by atoms with van der Waals surface area (Å²) < 4.78 is 5.27. The van der Waals surface area contributed by atoms with Crippen LogP contribution in [0.1, 0.15) is 62.9 Å². The molecule has 4 rings (SSSR count). The molecule has 0 unspecified atom stereocenters. The summed E-state index contributed by atoms with van der Waals surface area (Å²) >= 11 is 1.39. The van der Waals surface area contributed by atoms with Crippen molar-refractivity contribution in [1.82, 2.24) is 0 Å². The fourth-order valence-electron chi connectivity index (χ4n) is 4.39. The second-order valence-electron chi connectivity index (χ2n) is 8.59. The Hall–Kier alpha value is -3.72. The van der Waals surface area contributed by atoms with Gasteiger partial charge in [-0.1, -0.05) is 30.3 Å². The SMILES string of the molecule is CCOC(=O)c1c(NC(=O)c2cc([N+](=O)[O-])ccc2NCCCc2ccccc2)sc2c1CCCC2. The molecule has 2 aromatic carbocycles. The molecule has 0 radical (unpaired) electrons.